The van der Waals surface area contributed by atoms with Crippen molar-refractivity contribution in [3.8, 4) is 5.75 Å². The number of rotatable bonds is 5. The van der Waals surface area contributed by atoms with Crippen molar-refractivity contribution >= 4 is 0 Å². The summed E-state index contributed by atoms with van der Waals surface area (Å²) in [5, 5.41) is 0. The number of methoxy groups -OCH3 is 1. The zero-order valence-corrected chi connectivity index (χ0v) is 12.9. The van der Waals surface area contributed by atoms with Gasteiger partial charge in [-0.3, -0.25) is 0 Å². The normalized spacial score (nSPS) is 28.1. The molecule has 0 aromatic heterocycles. The summed E-state index contributed by atoms with van der Waals surface area (Å²) in [4.78, 5) is 0. The van der Waals surface area contributed by atoms with Gasteiger partial charge in [0.05, 0.1) is 18.8 Å². The molecule has 1 saturated carbocycles. The molecule has 2 rings (SSSR count). The lowest BCUT2D eigenvalue weighted by Crippen LogP contribution is -2.47. The van der Waals surface area contributed by atoms with Crippen molar-refractivity contribution < 1.29 is 9.47 Å². The maximum Gasteiger partial charge on any atom is 0.118 e. The quantitative estimate of drug-likeness (QED) is 0.893. The number of hydrogen-bond acceptors (Lipinski definition) is 3. The number of hydrogen-bond donors (Lipinski definition) is 1. The first kappa shape index (κ1) is 15.3. The second kappa shape index (κ2) is 6.59. The summed E-state index contributed by atoms with van der Waals surface area (Å²) in [6.07, 6.45) is 4.58. The van der Waals surface area contributed by atoms with E-state index < -0.39 is 0 Å². The second-order valence-corrected chi connectivity index (χ2v) is 5.95. The lowest BCUT2D eigenvalue weighted by molar-refractivity contribution is -0.0938. The molecule has 1 fully saturated rings. The summed E-state index contributed by atoms with van der Waals surface area (Å²) in [6, 6.07) is 7.99. The molecule has 0 amide bonds. The van der Waals surface area contributed by atoms with E-state index in [9.17, 15) is 0 Å². The SMILES string of the molecule is CCOC1(C(N)c2ccc(OC)cc2)CCCC(C)C1. The highest BCUT2D eigenvalue weighted by Crippen LogP contribution is 2.42. The molecule has 0 spiro atoms. The summed E-state index contributed by atoms with van der Waals surface area (Å²) in [7, 11) is 1.68. The van der Waals surface area contributed by atoms with E-state index in [0.717, 1.165) is 30.8 Å². The van der Waals surface area contributed by atoms with Crippen molar-refractivity contribution in [2.24, 2.45) is 11.7 Å². The Morgan fingerprint density at radius 2 is 2.05 bits per heavy atom. The van der Waals surface area contributed by atoms with Crippen LogP contribution in [0.2, 0.25) is 0 Å². The van der Waals surface area contributed by atoms with E-state index in [1.165, 1.54) is 12.8 Å². The third-order valence-corrected chi connectivity index (χ3v) is 4.46. The van der Waals surface area contributed by atoms with Gasteiger partial charge in [0, 0.05) is 6.61 Å². The Kier molecular flexibility index (Phi) is 5.06. The average Bonchev–Trinajstić information content (AvgIpc) is 2.47. The Hall–Kier alpha value is -1.06. The molecule has 1 aliphatic rings. The molecule has 0 aliphatic heterocycles. The molecule has 3 unspecified atom stereocenters. The van der Waals surface area contributed by atoms with E-state index in [1.54, 1.807) is 7.11 Å². The third-order valence-electron chi connectivity index (χ3n) is 4.46. The summed E-state index contributed by atoms with van der Waals surface area (Å²) < 4.78 is 11.4. The lowest BCUT2D eigenvalue weighted by Gasteiger charge is -2.44. The van der Waals surface area contributed by atoms with Crippen molar-refractivity contribution in [1.29, 1.82) is 0 Å². The van der Waals surface area contributed by atoms with Gasteiger partial charge in [0.1, 0.15) is 5.75 Å². The van der Waals surface area contributed by atoms with Gasteiger partial charge >= 0.3 is 0 Å². The minimum absolute atomic E-state index is 0.0730. The molecule has 0 radical (unpaired) electrons. The molecule has 0 heterocycles. The Bertz CT molecular complexity index is 414. The molecule has 112 valence electrons. The summed E-state index contributed by atoms with van der Waals surface area (Å²) in [6.45, 7) is 5.08. The molecule has 1 aromatic carbocycles. The summed E-state index contributed by atoms with van der Waals surface area (Å²) >= 11 is 0. The van der Waals surface area contributed by atoms with Crippen LogP contribution in [-0.4, -0.2) is 19.3 Å². The van der Waals surface area contributed by atoms with Crippen LogP contribution in [0.3, 0.4) is 0 Å². The topological polar surface area (TPSA) is 44.5 Å². The van der Waals surface area contributed by atoms with Gasteiger partial charge in [-0.15, -0.1) is 0 Å². The highest BCUT2D eigenvalue weighted by molar-refractivity contribution is 5.30. The first-order chi connectivity index (χ1) is 9.61. The fourth-order valence-corrected chi connectivity index (χ4v) is 3.45. The standard InChI is InChI=1S/C17H27NO2/c1-4-20-17(11-5-6-13(2)12-17)16(18)14-7-9-15(19-3)10-8-14/h7-10,13,16H,4-6,11-12,18H2,1-3H3. The van der Waals surface area contributed by atoms with Gasteiger partial charge in [0.2, 0.25) is 0 Å². The average molecular weight is 277 g/mol. The van der Waals surface area contributed by atoms with Crippen molar-refractivity contribution in [2.45, 2.75) is 51.2 Å². The van der Waals surface area contributed by atoms with Crippen molar-refractivity contribution in [3.05, 3.63) is 29.8 Å². The van der Waals surface area contributed by atoms with Crippen LogP contribution in [0.25, 0.3) is 0 Å². The first-order valence-electron chi connectivity index (χ1n) is 7.65. The Labute approximate surface area is 122 Å². The highest BCUT2D eigenvalue weighted by atomic mass is 16.5. The molecule has 1 aliphatic carbocycles. The predicted octanol–water partition coefficient (Wildman–Crippen LogP) is 3.68. The molecular weight excluding hydrogens is 250 g/mol. The molecule has 1 aromatic rings. The highest BCUT2D eigenvalue weighted by Gasteiger charge is 2.41. The zero-order chi connectivity index (χ0) is 14.6. The zero-order valence-electron chi connectivity index (χ0n) is 12.9. The van der Waals surface area contributed by atoms with Gasteiger partial charge in [-0.2, -0.15) is 0 Å². The van der Waals surface area contributed by atoms with Crippen molar-refractivity contribution in [3.63, 3.8) is 0 Å². The second-order valence-electron chi connectivity index (χ2n) is 5.95. The number of ether oxygens (including phenoxy) is 2. The van der Waals surface area contributed by atoms with E-state index in [4.69, 9.17) is 15.2 Å². The molecule has 2 N–H and O–H groups in total. The van der Waals surface area contributed by atoms with E-state index in [0.29, 0.717) is 5.92 Å². The molecule has 3 heteroatoms. The van der Waals surface area contributed by atoms with Gasteiger partial charge in [-0.1, -0.05) is 31.9 Å². The smallest absolute Gasteiger partial charge is 0.118 e. The van der Waals surface area contributed by atoms with E-state index in [1.807, 2.05) is 12.1 Å². The minimum Gasteiger partial charge on any atom is -0.497 e. The van der Waals surface area contributed by atoms with E-state index in [-0.39, 0.29) is 11.6 Å². The number of benzene rings is 1. The van der Waals surface area contributed by atoms with Crippen LogP contribution in [0.15, 0.2) is 24.3 Å². The van der Waals surface area contributed by atoms with Crippen molar-refractivity contribution in [1.82, 2.24) is 0 Å². The third kappa shape index (κ3) is 3.15. The summed E-state index contributed by atoms with van der Waals surface area (Å²) in [5.41, 5.74) is 7.50. The van der Waals surface area contributed by atoms with Crippen LogP contribution in [-0.2, 0) is 4.74 Å². The van der Waals surface area contributed by atoms with E-state index in [2.05, 4.69) is 26.0 Å². The summed E-state index contributed by atoms with van der Waals surface area (Å²) in [5.74, 6) is 1.54. The minimum atomic E-state index is -0.207. The maximum absolute atomic E-state index is 6.58. The monoisotopic (exact) mass is 277 g/mol. The fourth-order valence-electron chi connectivity index (χ4n) is 3.45. The lowest BCUT2D eigenvalue weighted by atomic mass is 9.73. The van der Waals surface area contributed by atoms with Gasteiger partial charge < -0.3 is 15.2 Å². The van der Waals surface area contributed by atoms with Crippen LogP contribution in [0.5, 0.6) is 5.75 Å². The van der Waals surface area contributed by atoms with Gasteiger partial charge in [-0.05, 0) is 43.4 Å². The van der Waals surface area contributed by atoms with Gasteiger partial charge in [0.25, 0.3) is 0 Å². The van der Waals surface area contributed by atoms with E-state index >= 15 is 0 Å². The molecule has 0 saturated heterocycles. The van der Waals surface area contributed by atoms with Crippen LogP contribution in [0.4, 0.5) is 0 Å². The van der Waals surface area contributed by atoms with Crippen LogP contribution in [0.1, 0.15) is 51.1 Å². The molecule has 3 nitrogen and oxygen atoms in total. The maximum atomic E-state index is 6.58. The molecule has 3 atom stereocenters. The number of nitrogens with two attached hydrogens (primary N) is 1. The Morgan fingerprint density at radius 3 is 2.60 bits per heavy atom. The van der Waals surface area contributed by atoms with Crippen LogP contribution in [0, 0.1) is 5.92 Å². The van der Waals surface area contributed by atoms with Gasteiger partial charge in [-0.25, -0.2) is 0 Å². The predicted molar refractivity (Wildman–Crippen MR) is 81.9 cm³/mol. The van der Waals surface area contributed by atoms with Gasteiger partial charge in [0.15, 0.2) is 0 Å². The Balaban J connectivity index is 2.22. The van der Waals surface area contributed by atoms with Crippen LogP contribution >= 0.6 is 0 Å². The fraction of sp³-hybridized carbons (Fsp3) is 0.647. The molecule has 20 heavy (non-hydrogen) atoms. The molecule has 0 bridgehead atoms. The largest absolute Gasteiger partial charge is 0.497 e. The molecular formula is C17H27NO2. The first-order valence-corrected chi connectivity index (χ1v) is 7.65. The Morgan fingerprint density at radius 1 is 1.35 bits per heavy atom. The van der Waals surface area contributed by atoms with Crippen molar-refractivity contribution in [2.75, 3.05) is 13.7 Å². The van der Waals surface area contributed by atoms with Crippen LogP contribution < -0.4 is 10.5 Å².